The van der Waals surface area contributed by atoms with Crippen LogP contribution in [0.15, 0.2) is 30.2 Å². The van der Waals surface area contributed by atoms with E-state index in [-0.39, 0.29) is 11.8 Å². The molecule has 0 radical (unpaired) electrons. The summed E-state index contributed by atoms with van der Waals surface area (Å²) in [6.45, 7) is 3.94. The highest BCUT2D eigenvalue weighted by Gasteiger charge is 2.27. The number of carbonyl (C=O) groups is 1. The summed E-state index contributed by atoms with van der Waals surface area (Å²) in [5.74, 6) is 0.0145. The smallest absolute Gasteiger partial charge is 0.269 e. The maximum atomic E-state index is 12.8. The molecule has 0 bridgehead atoms. The van der Waals surface area contributed by atoms with Gasteiger partial charge in [-0.15, -0.1) is 0 Å². The Bertz CT molecular complexity index is 813. The summed E-state index contributed by atoms with van der Waals surface area (Å²) in [7, 11) is 0. The minimum atomic E-state index is -0.0123. The number of amides is 1. The van der Waals surface area contributed by atoms with Gasteiger partial charge in [-0.25, -0.2) is 4.98 Å². The first kappa shape index (κ1) is 17.5. The molecule has 2 aromatic heterocycles. The number of nitrogens with one attached hydrogen (secondary N) is 3. The zero-order valence-electron chi connectivity index (χ0n) is 14.2. The monoisotopic (exact) mass is 359 g/mol. The number of fused-ring (bicyclic) bond motifs is 1. The van der Waals surface area contributed by atoms with Crippen molar-refractivity contribution in [1.29, 1.82) is 5.41 Å². The van der Waals surface area contributed by atoms with Crippen molar-refractivity contribution in [2.45, 2.75) is 25.7 Å². The first-order valence-electron chi connectivity index (χ1n) is 8.51. The van der Waals surface area contributed by atoms with E-state index in [1.807, 2.05) is 25.3 Å². The summed E-state index contributed by atoms with van der Waals surface area (Å²) >= 11 is 6.39. The molecular formula is C18H22ClN5O. The Hall–Kier alpha value is -2.34. The Morgan fingerprint density at radius 1 is 1.52 bits per heavy atom. The van der Waals surface area contributed by atoms with Crippen molar-refractivity contribution >= 4 is 34.8 Å². The lowest BCUT2D eigenvalue weighted by Crippen LogP contribution is -2.36. The average Bonchev–Trinajstić information content (AvgIpc) is 3.27. The molecule has 0 aliphatic carbocycles. The van der Waals surface area contributed by atoms with Crippen LogP contribution < -0.4 is 5.32 Å². The van der Waals surface area contributed by atoms with Gasteiger partial charge in [-0.05, 0) is 36.8 Å². The van der Waals surface area contributed by atoms with Crippen LogP contribution in [0.1, 0.15) is 31.2 Å². The Morgan fingerprint density at radius 3 is 3.12 bits per heavy atom. The number of aromatic nitrogens is 2. The van der Waals surface area contributed by atoms with Gasteiger partial charge in [0.25, 0.3) is 5.91 Å². The number of hydrogen-bond acceptors (Lipinski definition) is 4. The van der Waals surface area contributed by atoms with E-state index in [1.54, 1.807) is 11.1 Å². The van der Waals surface area contributed by atoms with Gasteiger partial charge in [-0.1, -0.05) is 18.5 Å². The highest BCUT2D eigenvalue weighted by molar-refractivity contribution is 6.32. The molecule has 1 atom stereocenters. The van der Waals surface area contributed by atoms with Gasteiger partial charge < -0.3 is 20.6 Å². The molecule has 25 heavy (non-hydrogen) atoms. The number of rotatable bonds is 7. The Morgan fingerprint density at radius 2 is 2.36 bits per heavy atom. The molecule has 0 saturated heterocycles. The molecule has 6 nitrogen and oxygen atoms in total. The van der Waals surface area contributed by atoms with Gasteiger partial charge in [0, 0.05) is 43.3 Å². The third-order valence-electron chi connectivity index (χ3n) is 4.39. The highest BCUT2D eigenvalue weighted by atomic mass is 35.5. The fourth-order valence-corrected chi connectivity index (χ4v) is 3.52. The second-order valence-corrected chi connectivity index (χ2v) is 6.52. The number of hydrogen-bond donors (Lipinski definition) is 3. The predicted molar refractivity (Wildman–Crippen MR) is 100 cm³/mol. The summed E-state index contributed by atoms with van der Waals surface area (Å²) in [4.78, 5) is 22.0. The van der Waals surface area contributed by atoms with Crippen molar-refractivity contribution < 1.29 is 4.79 Å². The average molecular weight is 360 g/mol. The number of carbonyl (C=O) groups excluding carboxylic acids is 1. The molecule has 132 valence electrons. The molecule has 3 N–H and O–H groups in total. The molecule has 0 fully saturated rings. The number of pyridine rings is 1. The standard InChI is InChI=1S/C18H22ClN5O/c1-2-7-24(8-3-5-20)18(25)15-9-12(10-22-15)16-13-4-6-21-17(13)23-11-14(16)19/h4-6,9,11-12,20,22H,2-3,7-8,10H2,1H3,(H,21,23). The molecule has 1 aliphatic rings. The summed E-state index contributed by atoms with van der Waals surface area (Å²) < 4.78 is 0. The quantitative estimate of drug-likeness (QED) is 0.664. The van der Waals surface area contributed by atoms with Crippen LogP contribution >= 0.6 is 11.6 Å². The minimum absolute atomic E-state index is 0.0123. The molecular weight excluding hydrogens is 338 g/mol. The summed E-state index contributed by atoms with van der Waals surface area (Å²) in [5.41, 5.74) is 2.40. The summed E-state index contributed by atoms with van der Waals surface area (Å²) in [6, 6.07) is 1.96. The Kier molecular flexibility index (Phi) is 5.38. The van der Waals surface area contributed by atoms with Gasteiger partial charge >= 0.3 is 0 Å². The van der Waals surface area contributed by atoms with E-state index in [4.69, 9.17) is 17.0 Å². The van der Waals surface area contributed by atoms with Crippen molar-refractivity contribution in [2.24, 2.45) is 0 Å². The lowest BCUT2D eigenvalue weighted by Gasteiger charge is -2.21. The minimum Gasteiger partial charge on any atom is -0.380 e. The second kappa shape index (κ2) is 7.70. The van der Waals surface area contributed by atoms with Crippen LogP contribution in [0, 0.1) is 5.41 Å². The molecule has 3 heterocycles. The van der Waals surface area contributed by atoms with Crippen LogP contribution in [0.3, 0.4) is 0 Å². The van der Waals surface area contributed by atoms with Gasteiger partial charge in [-0.2, -0.15) is 0 Å². The van der Waals surface area contributed by atoms with E-state index in [9.17, 15) is 4.79 Å². The molecule has 0 saturated carbocycles. The van der Waals surface area contributed by atoms with Crippen LogP contribution in [0.25, 0.3) is 11.0 Å². The summed E-state index contributed by atoms with van der Waals surface area (Å²) in [5, 5.41) is 12.0. The van der Waals surface area contributed by atoms with E-state index in [0.717, 1.165) is 23.0 Å². The maximum absolute atomic E-state index is 12.8. The first-order chi connectivity index (χ1) is 12.2. The van der Waals surface area contributed by atoms with Gasteiger partial charge in [0.05, 0.1) is 10.7 Å². The van der Waals surface area contributed by atoms with Crippen LogP contribution in [-0.2, 0) is 4.79 Å². The molecule has 7 heteroatoms. The number of halogens is 1. The fraction of sp³-hybridized carbons (Fsp3) is 0.389. The molecule has 0 spiro atoms. The highest BCUT2D eigenvalue weighted by Crippen LogP contribution is 2.34. The molecule has 1 amide bonds. The maximum Gasteiger partial charge on any atom is 0.269 e. The van der Waals surface area contributed by atoms with Crippen LogP contribution in [-0.4, -0.2) is 46.6 Å². The first-order valence-corrected chi connectivity index (χ1v) is 8.88. The van der Waals surface area contributed by atoms with E-state index in [1.165, 1.54) is 6.21 Å². The molecule has 3 rings (SSSR count). The molecule has 1 unspecified atom stereocenters. The van der Waals surface area contributed by atoms with Crippen molar-refractivity contribution in [3.63, 3.8) is 0 Å². The SMILES string of the molecule is CCCN(CCC=N)C(=O)C1=CC(c2c(Cl)cnc3[nH]ccc23)CN1. The van der Waals surface area contributed by atoms with Gasteiger partial charge in [-0.3, -0.25) is 4.79 Å². The van der Waals surface area contributed by atoms with Crippen molar-refractivity contribution in [2.75, 3.05) is 19.6 Å². The zero-order chi connectivity index (χ0) is 17.8. The largest absolute Gasteiger partial charge is 0.380 e. The lowest BCUT2D eigenvalue weighted by atomic mass is 9.98. The second-order valence-electron chi connectivity index (χ2n) is 6.11. The van der Waals surface area contributed by atoms with E-state index in [0.29, 0.717) is 36.8 Å². The number of H-pyrrole nitrogens is 1. The number of aromatic amines is 1. The Balaban J connectivity index is 1.86. The van der Waals surface area contributed by atoms with Crippen molar-refractivity contribution in [3.8, 4) is 0 Å². The number of nitrogens with zero attached hydrogens (tertiary/aromatic N) is 2. The Labute approximate surface area is 151 Å². The van der Waals surface area contributed by atoms with Crippen molar-refractivity contribution in [3.05, 3.63) is 40.8 Å². The topological polar surface area (TPSA) is 84.9 Å². The van der Waals surface area contributed by atoms with Crippen LogP contribution in [0.4, 0.5) is 0 Å². The van der Waals surface area contributed by atoms with Gasteiger partial charge in [0.1, 0.15) is 5.65 Å². The molecule has 0 aromatic carbocycles. The third kappa shape index (κ3) is 3.54. The van der Waals surface area contributed by atoms with Crippen LogP contribution in [0.2, 0.25) is 5.02 Å². The zero-order valence-corrected chi connectivity index (χ0v) is 14.9. The van der Waals surface area contributed by atoms with Gasteiger partial charge in [0.15, 0.2) is 0 Å². The third-order valence-corrected chi connectivity index (χ3v) is 4.69. The van der Waals surface area contributed by atoms with E-state index in [2.05, 4.69) is 15.3 Å². The fourth-order valence-electron chi connectivity index (χ4n) is 3.23. The van der Waals surface area contributed by atoms with E-state index >= 15 is 0 Å². The van der Waals surface area contributed by atoms with Crippen LogP contribution in [0.5, 0.6) is 0 Å². The molecule has 2 aromatic rings. The molecule has 1 aliphatic heterocycles. The predicted octanol–water partition coefficient (Wildman–Crippen LogP) is 3.07. The van der Waals surface area contributed by atoms with Gasteiger partial charge in [0.2, 0.25) is 0 Å². The summed E-state index contributed by atoms with van der Waals surface area (Å²) in [6.07, 6.45) is 8.26. The normalized spacial score (nSPS) is 16.6. The van der Waals surface area contributed by atoms with Crippen molar-refractivity contribution in [1.82, 2.24) is 20.2 Å². The van der Waals surface area contributed by atoms with E-state index < -0.39 is 0 Å². The lowest BCUT2D eigenvalue weighted by molar-refractivity contribution is -0.127.